The summed E-state index contributed by atoms with van der Waals surface area (Å²) in [5.74, 6) is 0.771. The van der Waals surface area contributed by atoms with Crippen LogP contribution in [0.3, 0.4) is 0 Å². The van der Waals surface area contributed by atoms with Gasteiger partial charge in [-0.15, -0.1) is 0 Å². The van der Waals surface area contributed by atoms with Gasteiger partial charge in [0.15, 0.2) is 5.78 Å². The van der Waals surface area contributed by atoms with Gasteiger partial charge in [-0.2, -0.15) is 0 Å². The fourth-order valence-corrected chi connectivity index (χ4v) is 2.05. The largest absolute Gasteiger partial charge is 0.497 e. The number of carbonyl (C=O) groups excluding carboxylic acids is 1. The first-order chi connectivity index (χ1) is 9.28. The number of rotatable bonds is 3. The summed E-state index contributed by atoms with van der Waals surface area (Å²) in [5.41, 5.74) is 1.21. The van der Waals surface area contributed by atoms with Gasteiger partial charge < -0.3 is 9.15 Å². The van der Waals surface area contributed by atoms with Gasteiger partial charge in [-0.05, 0) is 35.0 Å². The van der Waals surface area contributed by atoms with Crippen LogP contribution in [0.1, 0.15) is 15.9 Å². The summed E-state index contributed by atoms with van der Waals surface area (Å²) in [6.45, 7) is 0. The molecule has 0 atom stereocenters. The molecule has 1 aromatic heterocycles. The van der Waals surface area contributed by atoms with Gasteiger partial charge in [-0.25, -0.2) is 0 Å². The van der Waals surface area contributed by atoms with Crippen molar-refractivity contribution in [1.82, 2.24) is 0 Å². The Labute approximate surface area is 110 Å². The van der Waals surface area contributed by atoms with Crippen molar-refractivity contribution < 1.29 is 13.9 Å². The van der Waals surface area contributed by atoms with Gasteiger partial charge in [0.1, 0.15) is 12.0 Å². The Morgan fingerprint density at radius 3 is 2.53 bits per heavy atom. The fourth-order valence-electron chi connectivity index (χ4n) is 2.05. The standard InChI is InChI=1S/C16H12O3/c1-18-15-5-4-11-8-13(3-2-12(11)9-15)16(17)14-6-7-19-10-14/h2-10H,1H3. The molecule has 3 rings (SSSR count). The maximum absolute atomic E-state index is 12.2. The summed E-state index contributed by atoms with van der Waals surface area (Å²) in [6, 6.07) is 13.1. The minimum atomic E-state index is -0.0357. The molecule has 0 saturated carbocycles. The Bertz CT molecular complexity index is 727. The molecule has 19 heavy (non-hydrogen) atoms. The van der Waals surface area contributed by atoms with E-state index in [1.165, 1.54) is 12.5 Å². The Hall–Kier alpha value is -2.55. The van der Waals surface area contributed by atoms with Crippen LogP contribution in [0, 0.1) is 0 Å². The number of ketones is 1. The fraction of sp³-hybridized carbons (Fsp3) is 0.0625. The molecule has 3 heteroatoms. The average molecular weight is 252 g/mol. The predicted octanol–water partition coefficient (Wildman–Crippen LogP) is 3.67. The van der Waals surface area contributed by atoms with E-state index in [0.717, 1.165) is 16.5 Å². The number of hydrogen-bond donors (Lipinski definition) is 0. The van der Waals surface area contributed by atoms with Crippen molar-refractivity contribution in [2.75, 3.05) is 7.11 Å². The molecule has 0 saturated heterocycles. The highest BCUT2D eigenvalue weighted by Crippen LogP contribution is 2.23. The molecule has 0 N–H and O–H groups in total. The zero-order valence-electron chi connectivity index (χ0n) is 10.4. The SMILES string of the molecule is COc1ccc2cc(C(=O)c3ccoc3)ccc2c1. The average Bonchev–Trinajstić information content (AvgIpc) is 2.99. The molecular formula is C16H12O3. The number of hydrogen-bond acceptors (Lipinski definition) is 3. The normalized spacial score (nSPS) is 10.6. The zero-order chi connectivity index (χ0) is 13.2. The van der Waals surface area contributed by atoms with Crippen LogP contribution in [0.5, 0.6) is 5.75 Å². The lowest BCUT2D eigenvalue weighted by atomic mass is 10.0. The Morgan fingerprint density at radius 1 is 1.00 bits per heavy atom. The third-order valence-corrected chi connectivity index (χ3v) is 3.09. The van der Waals surface area contributed by atoms with Crippen LogP contribution in [0.25, 0.3) is 10.8 Å². The quantitative estimate of drug-likeness (QED) is 0.667. The van der Waals surface area contributed by atoms with Gasteiger partial charge in [-0.1, -0.05) is 18.2 Å². The molecule has 94 valence electrons. The molecule has 3 nitrogen and oxygen atoms in total. The maximum atomic E-state index is 12.2. The maximum Gasteiger partial charge on any atom is 0.196 e. The molecule has 0 radical (unpaired) electrons. The molecule has 0 spiro atoms. The van der Waals surface area contributed by atoms with Crippen molar-refractivity contribution in [2.24, 2.45) is 0 Å². The van der Waals surface area contributed by atoms with Crippen LogP contribution >= 0.6 is 0 Å². The van der Waals surface area contributed by atoms with Crippen molar-refractivity contribution in [3.05, 3.63) is 66.1 Å². The molecule has 3 aromatic rings. The second-order valence-corrected chi connectivity index (χ2v) is 4.27. The Kier molecular flexibility index (Phi) is 2.80. The molecule has 0 bridgehead atoms. The summed E-state index contributed by atoms with van der Waals surface area (Å²) in [4.78, 5) is 12.2. The molecule has 0 fully saturated rings. The second-order valence-electron chi connectivity index (χ2n) is 4.27. The highest BCUT2D eigenvalue weighted by molar-refractivity contribution is 6.10. The number of benzene rings is 2. The summed E-state index contributed by atoms with van der Waals surface area (Å²) in [5, 5.41) is 2.05. The van der Waals surface area contributed by atoms with Gasteiger partial charge in [0.05, 0.1) is 18.9 Å². The van der Waals surface area contributed by atoms with E-state index in [9.17, 15) is 4.79 Å². The first kappa shape index (κ1) is 11.5. The van der Waals surface area contributed by atoms with E-state index in [0.29, 0.717) is 11.1 Å². The van der Waals surface area contributed by atoms with Crippen LogP contribution in [0.15, 0.2) is 59.4 Å². The molecular weight excluding hydrogens is 240 g/mol. The third kappa shape index (κ3) is 2.10. The first-order valence-electron chi connectivity index (χ1n) is 5.92. The van der Waals surface area contributed by atoms with Crippen molar-refractivity contribution in [3.8, 4) is 5.75 Å². The molecule has 0 unspecified atom stereocenters. The molecule has 0 amide bonds. The van der Waals surface area contributed by atoms with Crippen molar-refractivity contribution in [2.45, 2.75) is 0 Å². The van der Waals surface area contributed by atoms with E-state index >= 15 is 0 Å². The lowest BCUT2D eigenvalue weighted by Crippen LogP contribution is -1.99. The van der Waals surface area contributed by atoms with Gasteiger partial charge in [0, 0.05) is 5.56 Å². The van der Waals surface area contributed by atoms with Crippen LogP contribution < -0.4 is 4.74 Å². The summed E-state index contributed by atoms with van der Waals surface area (Å²) >= 11 is 0. The summed E-state index contributed by atoms with van der Waals surface area (Å²) in [7, 11) is 1.64. The number of furan rings is 1. The number of carbonyl (C=O) groups is 1. The highest BCUT2D eigenvalue weighted by Gasteiger charge is 2.10. The van der Waals surface area contributed by atoms with Crippen LogP contribution in [0.2, 0.25) is 0 Å². The van der Waals surface area contributed by atoms with Gasteiger partial charge in [0.25, 0.3) is 0 Å². The predicted molar refractivity (Wildman–Crippen MR) is 72.6 cm³/mol. The monoisotopic (exact) mass is 252 g/mol. The second kappa shape index (κ2) is 4.61. The van der Waals surface area contributed by atoms with Crippen molar-refractivity contribution in [1.29, 1.82) is 0 Å². The van der Waals surface area contributed by atoms with Crippen molar-refractivity contribution >= 4 is 16.6 Å². The first-order valence-corrected chi connectivity index (χ1v) is 5.92. The molecule has 0 aliphatic rings. The Balaban J connectivity index is 2.05. The van der Waals surface area contributed by atoms with E-state index in [-0.39, 0.29) is 5.78 Å². The minimum Gasteiger partial charge on any atom is -0.497 e. The smallest absolute Gasteiger partial charge is 0.196 e. The number of ether oxygens (including phenoxy) is 1. The number of fused-ring (bicyclic) bond motifs is 1. The van der Waals surface area contributed by atoms with E-state index in [2.05, 4.69) is 0 Å². The molecule has 0 aliphatic heterocycles. The Morgan fingerprint density at radius 2 is 1.79 bits per heavy atom. The van der Waals surface area contributed by atoms with Crippen LogP contribution in [-0.2, 0) is 0 Å². The minimum absolute atomic E-state index is 0.0357. The van der Waals surface area contributed by atoms with Crippen LogP contribution in [-0.4, -0.2) is 12.9 Å². The van der Waals surface area contributed by atoms with E-state index in [4.69, 9.17) is 9.15 Å². The number of methoxy groups -OCH3 is 1. The molecule has 1 heterocycles. The summed E-state index contributed by atoms with van der Waals surface area (Å²) < 4.78 is 10.1. The van der Waals surface area contributed by atoms with E-state index in [1.54, 1.807) is 13.2 Å². The van der Waals surface area contributed by atoms with E-state index in [1.807, 2.05) is 36.4 Å². The topological polar surface area (TPSA) is 39.4 Å². The lowest BCUT2D eigenvalue weighted by Gasteiger charge is -2.04. The van der Waals surface area contributed by atoms with E-state index < -0.39 is 0 Å². The van der Waals surface area contributed by atoms with Crippen molar-refractivity contribution in [3.63, 3.8) is 0 Å². The lowest BCUT2D eigenvalue weighted by molar-refractivity contribution is 0.103. The van der Waals surface area contributed by atoms with Gasteiger partial charge in [0.2, 0.25) is 0 Å². The van der Waals surface area contributed by atoms with Gasteiger partial charge >= 0.3 is 0 Å². The molecule has 0 aliphatic carbocycles. The van der Waals surface area contributed by atoms with Gasteiger partial charge in [-0.3, -0.25) is 4.79 Å². The molecule has 2 aromatic carbocycles. The third-order valence-electron chi connectivity index (χ3n) is 3.09. The highest BCUT2D eigenvalue weighted by atomic mass is 16.5. The zero-order valence-corrected chi connectivity index (χ0v) is 10.4. The summed E-state index contributed by atoms with van der Waals surface area (Å²) in [6.07, 6.45) is 2.96. The van der Waals surface area contributed by atoms with Crippen LogP contribution in [0.4, 0.5) is 0 Å².